The molecule has 0 amide bonds. The Labute approximate surface area is 118 Å². The Bertz CT molecular complexity index is 157. The Morgan fingerprint density at radius 1 is 1.14 bits per heavy atom. The van der Waals surface area contributed by atoms with Crippen molar-refractivity contribution in [3.8, 4) is 0 Å². The third kappa shape index (κ3) is 6.53. The smallest absolute Gasteiger partial charge is 1.00 e. The van der Waals surface area contributed by atoms with E-state index in [0.29, 0.717) is 0 Å². The minimum Gasteiger partial charge on any atom is -1.00 e. The van der Waals surface area contributed by atoms with E-state index in [1.807, 2.05) is 0 Å². The summed E-state index contributed by atoms with van der Waals surface area (Å²) in [6, 6.07) is 0. The predicted octanol–water partition coefficient (Wildman–Crippen LogP) is -9.15. The monoisotopic (exact) mass is 212 g/mol. The van der Waals surface area contributed by atoms with Crippen molar-refractivity contribution < 1.29 is 81.6 Å². The molecule has 0 fully saturated rings. The Morgan fingerprint density at radius 3 is 1.86 bits per heavy atom. The fourth-order valence-electron chi connectivity index (χ4n) is 0.618. The van der Waals surface area contributed by atoms with Crippen molar-refractivity contribution in [3.05, 3.63) is 0 Å². The summed E-state index contributed by atoms with van der Waals surface area (Å²) in [4.78, 5) is 9.90. The minimum atomic E-state index is -1.79. The van der Waals surface area contributed by atoms with Gasteiger partial charge in [-0.25, -0.2) is 0 Å². The van der Waals surface area contributed by atoms with E-state index < -0.39 is 31.0 Å². The molecule has 0 spiro atoms. The van der Waals surface area contributed by atoms with Gasteiger partial charge in [0, 0.05) is 0 Å². The van der Waals surface area contributed by atoms with Crippen molar-refractivity contribution in [2.24, 2.45) is 0 Å². The number of hydrogen-bond donors (Lipinski definition) is 5. The van der Waals surface area contributed by atoms with Gasteiger partial charge in [-0.1, -0.05) is 0 Å². The van der Waals surface area contributed by atoms with Crippen LogP contribution in [0.25, 0.3) is 0 Å². The molecule has 6 nitrogen and oxygen atoms in total. The maximum atomic E-state index is 9.90. The van der Waals surface area contributed by atoms with E-state index in [9.17, 15) is 4.79 Å². The molecule has 0 rings (SSSR count). The van der Waals surface area contributed by atoms with Gasteiger partial charge in [0.15, 0.2) is 6.29 Å². The van der Waals surface area contributed by atoms with Crippen LogP contribution in [0.5, 0.6) is 0 Å². The summed E-state index contributed by atoms with van der Waals surface area (Å²) in [5.74, 6) is 0. The average molecular weight is 212 g/mol. The number of aliphatic hydroxyl groups excluding tert-OH is 5. The first-order valence-corrected chi connectivity index (χ1v) is 3.33. The van der Waals surface area contributed by atoms with Gasteiger partial charge in [-0.15, -0.1) is 0 Å². The molecule has 14 heavy (non-hydrogen) atoms. The second-order valence-corrected chi connectivity index (χ2v) is 2.36. The van der Waals surface area contributed by atoms with Gasteiger partial charge in [-0.05, 0) is 0 Å². The van der Waals surface area contributed by atoms with Gasteiger partial charge in [-0.2, -0.15) is 0 Å². The molecule has 0 saturated carbocycles. The zero-order valence-corrected chi connectivity index (χ0v) is 10.2. The Balaban J connectivity index is -0.000000101. The third-order valence-corrected chi connectivity index (χ3v) is 1.42. The van der Waals surface area contributed by atoms with E-state index in [4.69, 9.17) is 25.5 Å². The second-order valence-electron chi connectivity index (χ2n) is 2.36. The molecule has 0 radical (unpaired) electrons. The predicted molar refractivity (Wildman–Crippen MR) is 39.4 cm³/mol. The van der Waals surface area contributed by atoms with E-state index in [2.05, 4.69) is 0 Å². The maximum Gasteiger partial charge on any atom is 1.00 e. The number of carbonyl (C=O) groups is 1. The van der Waals surface area contributed by atoms with E-state index in [0.717, 1.165) is 0 Å². The average Bonchev–Trinajstić information content (AvgIpc) is 2.12. The first-order valence-electron chi connectivity index (χ1n) is 3.33. The second kappa shape index (κ2) is 10.6. The molecule has 0 heterocycles. The van der Waals surface area contributed by atoms with Crippen molar-refractivity contribution in [2.75, 3.05) is 6.61 Å². The molecule has 0 aliphatic heterocycles. The van der Waals surface area contributed by atoms with Crippen LogP contribution >= 0.6 is 0 Å². The molecule has 0 aromatic carbocycles. The first-order chi connectivity index (χ1) is 5.54. The van der Waals surface area contributed by atoms with Crippen molar-refractivity contribution >= 4 is 6.29 Å². The Morgan fingerprint density at radius 2 is 1.57 bits per heavy atom. The standard InChI is InChI=1S/C6H12O6.Li.Na.2H/c7-1-3(9)5(11)6(12)4(10)2-8;;;;/h1,3-6,8-12H,2H2;;;;/q;2*+1;2*-1/t3-,4+,5+,6+;;;;/m0..../s1. The molecule has 0 unspecified atom stereocenters. The van der Waals surface area contributed by atoms with Gasteiger partial charge >= 0.3 is 48.4 Å². The van der Waals surface area contributed by atoms with Gasteiger partial charge in [-0.3, -0.25) is 0 Å². The fourth-order valence-corrected chi connectivity index (χ4v) is 0.618. The summed E-state index contributed by atoms with van der Waals surface area (Å²) in [6.45, 7) is -0.760. The number of aliphatic hydroxyl groups is 5. The van der Waals surface area contributed by atoms with Crippen LogP contribution in [0.2, 0.25) is 0 Å². The summed E-state index contributed by atoms with van der Waals surface area (Å²) in [5, 5.41) is 43.5. The van der Waals surface area contributed by atoms with E-state index in [1.54, 1.807) is 0 Å². The SMILES string of the molecule is O=C[C@H](O)[C@@H](O)[C@H](O)[C@H](O)CO.[H-].[H-].[Li+].[Na+]. The summed E-state index contributed by atoms with van der Waals surface area (Å²) in [5.41, 5.74) is 0. The van der Waals surface area contributed by atoms with Crippen LogP contribution in [0.4, 0.5) is 0 Å². The van der Waals surface area contributed by atoms with Gasteiger partial charge in [0.1, 0.15) is 24.4 Å². The third-order valence-electron chi connectivity index (χ3n) is 1.42. The van der Waals surface area contributed by atoms with Crippen molar-refractivity contribution in [2.45, 2.75) is 24.4 Å². The number of carbonyl (C=O) groups excluding carboxylic acids is 1. The zero-order valence-electron chi connectivity index (χ0n) is 10.2. The summed E-state index contributed by atoms with van der Waals surface area (Å²) in [7, 11) is 0. The molecule has 0 aliphatic rings. The van der Waals surface area contributed by atoms with E-state index in [-0.39, 0.29) is 57.6 Å². The van der Waals surface area contributed by atoms with Crippen LogP contribution in [0.15, 0.2) is 0 Å². The maximum absolute atomic E-state index is 9.90. The topological polar surface area (TPSA) is 118 Å². The molecular weight excluding hydrogens is 198 g/mol. The summed E-state index contributed by atoms with van der Waals surface area (Å²) in [6.07, 6.45) is -6.84. The molecule has 4 atom stereocenters. The molecule has 0 aromatic heterocycles. The fraction of sp³-hybridized carbons (Fsp3) is 0.833. The van der Waals surface area contributed by atoms with Crippen LogP contribution in [-0.2, 0) is 4.79 Å². The van der Waals surface area contributed by atoms with Crippen molar-refractivity contribution in [1.82, 2.24) is 0 Å². The molecule has 0 bridgehead atoms. The van der Waals surface area contributed by atoms with Gasteiger partial charge in [0.05, 0.1) is 6.61 Å². The van der Waals surface area contributed by atoms with Crippen molar-refractivity contribution in [1.29, 1.82) is 0 Å². The molecule has 5 N–H and O–H groups in total. The minimum absolute atomic E-state index is 0. The Kier molecular flexibility index (Phi) is 15.5. The van der Waals surface area contributed by atoms with Gasteiger partial charge in [0.25, 0.3) is 0 Å². The normalized spacial score (nSPS) is 18.1. The Hall–Kier alpha value is 1.07. The van der Waals surface area contributed by atoms with Crippen molar-refractivity contribution in [3.63, 3.8) is 0 Å². The van der Waals surface area contributed by atoms with Crippen LogP contribution in [-0.4, -0.2) is 62.8 Å². The van der Waals surface area contributed by atoms with Crippen LogP contribution in [0.1, 0.15) is 2.85 Å². The van der Waals surface area contributed by atoms with E-state index >= 15 is 0 Å². The first kappa shape index (κ1) is 20.5. The van der Waals surface area contributed by atoms with E-state index in [1.165, 1.54) is 0 Å². The van der Waals surface area contributed by atoms with Crippen LogP contribution < -0.4 is 48.4 Å². The molecule has 0 aromatic rings. The quantitative estimate of drug-likeness (QED) is 0.228. The molecule has 76 valence electrons. The summed E-state index contributed by atoms with van der Waals surface area (Å²) < 4.78 is 0. The van der Waals surface area contributed by atoms with Gasteiger partial charge in [0.2, 0.25) is 0 Å². The molecule has 8 heteroatoms. The molecule has 0 aliphatic carbocycles. The number of hydrogen-bond acceptors (Lipinski definition) is 6. The molecule has 0 saturated heterocycles. The largest absolute Gasteiger partial charge is 1.00 e. The zero-order chi connectivity index (χ0) is 9.72. The number of rotatable bonds is 5. The molecular formula is C6H14LiNaO6. The van der Waals surface area contributed by atoms with Crippen LogP contribution in [0, 0.1) is 0 Å². The number of aldehydes is 1. The summed E-state index contributed by atoms with van der Waals surface area (Å²) >= 11 is 0. The van der Waals surface area contributed by atoms with Crippen LogP contribution in [0.3, 0.4) is 0 Å². The van der Waals surface area contributed by atoms with Gasteiger partial charge < -0.3 is 33.2 Å².